The molecule has 15 nitrogen and oxygen atoms in total. The SMILES string of the molecule is CC/C=C/C/C=C/C/C=C/C/C=C/C/C=C/C/C=C/CCC(=O)OC[C@@H](CO[C@@H]1O[C@H](CO[C@@H]2O[C@H](CO)[C@H](O)C(O)C2O)[C@H](O)C(O)C1O)OC(=O)CCC/C=C/C/C=C/CCCCCCCCCCC. The highest BCUT2D eigenvalue weighted by atomic mass is 16.7. The minimum Gasteiger partial charge on any atom is -0.462 e. The topological polar surface area (TPSA) is 231 Å². The molecule has 0 amide bonds. The predicted molar refractivity (Wildman–Crippen MR) is 279 cm³/mol. The molecule has 0 saturated carbocycles. The van der Waals surface area contributed by atoms with Crippen LogP contribution in [0, 0.1) is 0 Å². The minimum absolute atomic E-state index is 0.0785. The van der Waals surface area contributed by atoms with Gasteiger partial charge < -0.3 is 64.2 Å². The first-order valence-electron chi connectivity index (χ1n) is 26.8. The summed E-state index contributed by atoms with van der Waals surface area (Å²) in [5.41, 5.74) is 0. The van der Waals surface area contributed by atoms with Gasteiger partial charge in [0.1, 0.15) is 55.4 Å². The van der Waals surface area contributed by atoms with Gasteiger partial charge >= 0.3 is 11.9 Å². The van der Waals surface area contributed by atoms with Crippen molar-refractivity contribution >= 4 is 11.9 Å². The fraction of sp³-hybridized carbons (Fsp3) is 0.684. The fourth-order valence-corrected chi connectivity index (χ4v) is 7.69. The van der Waals surface area contributed by atoms with Crippen molar-refractivity contribution in [1.82, 2.24) is 0 Å². The standard InChI is InChI=1S/C57H92O15/c1-3-5-7-9-11-13-15-17-19-21-22-24-25-27-29-31-33-35-37-39-48(59)67-42-45(70-49(60)40-38-36-34-32-30-28-26-23-20-18-16-14-12-10-8-6-4-2)43-68-56-55(66)53(64)51(62)47(72-56)44-69-57-54(65)52(63)50(61)46(41-58)71-57/h5,7,11,13,17,19,22,24,26-29,32-35,45-47,50-58,61-66H,3-4,6,8-10,12,14-16,18,20-21,23,25,30-31,36-44H2,1-2H3/b7-5+,13-11+,19-17+,24-22+,28-26+,29-27+,34-32+,35-33+/t45-,46+,47+,50-,51-,52?,53?,54?,55?,56+,57+/m0/s1. The van der Waals surface area contributed by atoms with E-state index in [0.717, 1.165) is 44.9 Å². The zero-order valence-electron chi connectivity index (χ0n) is 43.4. The first kappa shape index (κ1) is 64.5. The molecule has 15 heteroatoms. The summed E-state index contributed by atoms with van der Waals surface area (Å²) < 4.78 is 33.5. The van der Waals surface area contributed by atoms with Crippen LogP contribution in [0.2, 0.25) is 0 Å². The van der Waals surface area contributed by atoms with Gasteiger partial charge in [0.25, 0.3) is 0 Å². The summed E-state index contributed by atoms with van der Waals surface area (Å²) >= 11 is 0. The van der Waals surface area contributed by atoms with Crippen LogP contribution in [-0.4, -0.2) is 142 Å². The molecule has 0 bridgehead atoms. The third-order valence-corrected chi connectivity index (χ3v) is 12.1. The highest BCUT2D eigenvalue weighted by Crippen LogP contribution is 2.26. The number of esters is 2. The molecule has 2 aliphatic rings. The molecule has 2 saturated heterocycles. The molecule has 4 unspecified atom stereocenters. The van der Waals surface area contributed by atoms with Crippen molar-refractivity contribution in [3.05, 3.63) is 97.2 Å². The monoisotopic (exact) mass is 1020 g/mol. The van der Waals surface area contributed by atoms with Crippen molar-refractivity contribution < 1.29 is 73.8 Å². The first-order chi connectivity index (χ1) is 35.0. The molecule has 72 heavy (non-hydrogen) atoms. The molecule has 0 aromatic carbocycles. The van der Waals surface area contributed by atoms with Crippen LogP contribution in [-0.2, 0) is 38.0 Å². The van der Waals surface area contributed by atoms with Crippen molar-refractivity contribution in [2.75, 3.05) is 26.4 Å². The van der Waals surface area contributed by atoms with Gasteiger partial charge in [-0.25, -0.2) is 0 Å². The summed E-state index contributed by atoms with van der Waals surface area (Å²) in [6.07, 6.45) is 37.4. The predicted octanol–water partition coefficient (Wildman–Crippen LogP) is 8.15. The van der Waals surface area contributed by atoms with E-state index in [0.29, 0.717) is 25.7 Å². The Morgan fingerprint density at radius 1 is 0.458 bits per heavy atom. The molecule has 7 N–H and O–H groups in total. The van der Waals surface area contributed by atoms with E-state index in [-0.39, 0.29) is 19.4 Å². The maximum atomic E-state index is 13.0. The second kappa shape index (κ2) is 42.7. The Hall–Kier alpha value is -3.58. The number of aliphatic hydroxyl groups is 7. The highest BCUT2D eigenvalue weighted by Gasteiger charge is 2.47. The van der Waals surface area contributed by atoms with Crippen LogP contribution in [0.5, 0.6) is 0 Å². The van der Waals surface area contributed by atoms with Gasteiger partial charge in [0.05, 0.1) is 19.8 Å². The minimum atomic E-state index is -1.79. The van der Waals surface area contributed by atoms with E-state index in [1.807, 2.05) is 18.2 Å². The average Bonchev–Trinajstić information content (AvgIpc) is 3.37. The number of unbranched alkanes of at least 4 members (excludes halogenated alkanes) is 10. The molecule has 0 aliphatic carbocycles. The largest absolute Gasteiger partial charge is 0.462 e. The molecule has 2 heterocycles. The number of carbonyl (C=O) groups is 2. The Morgan fingerprint density at radius 2 is 0.903 bits per heavy atom. The summed E-state index contributed by atoms with van der Waals surface area (Å²) in [7, 11) is 0. The van der Waals surface area contributed by atoms with Crippen molar-refractivity contribution in [1.29, 1.82) is 0 Å². The van der Waals surface area contributed by atoms with E-state index in [4.69, 9.17) is 28.4 Å². The average molecular weight is 1020 g/mol. The van der Waals surface area contributed by atoms with Crippen molar-refractivity contribution in [2.45, 2.75) is 223 Å². The summed E-state index contributed by atoms with van der Waals surface area (Å²) in [5, 5.41) is 72.1. The van der Waals surface area contributed by atoms with Crippen molar-refractivity contribution in [3.63, 3.8) is 0 Å². The third-order valence-electron chi connectivity index (χ3n) is 12.1. The van der Waals surface area contributed by atoms with E-state index in [1.165, 1.54) is 57.8 Å². The van der Waals surface area contributed by atoms with E-state index < -0.39 is 99.3 Å². The number of hydrogen-bond donors (Lipinski definition) is 7. The van der Waals surface area contributed by atoms with Crippen LogP contribution in [0.3, 0.4) is 0 Å². The van der Waals surface area contributed by atoms with Crippen molar-refractivity contribution in [2.24, 2.45) is 0 Å². The molecule has 0 radical (unpaired) electrons. The zero-order valence-corrected chi connectivity index (χ0v) is 43.4. The molecule has 2 aliphatic heterocycles. The van der Waals surface area contributed by atoms with Crippen LogP contribution in [0.25, 0.3) is 0 Å². The molecule has 0 spiro atoms. The number of hydrogen-bond acceptors (Lipinski definition) is 15. The summed E-state index contributed by atoms with van der Waals surface area (Å²) in [6.45, 7) is 2.34. The van der Waals surface area contributed by atoms with E-state index in [9.17, 15) is 45.3 Å². The Bertz CT molecular complexity index is 1620. The van der Waals surface area contributed by atoms with Crippen LogP contribution >= 0.6 is 0 Å². The lowest BCUT2D eigenvalue weighted by Crippen LogP contribution is -2.61. The molecule has 2 rings (SSSR count). The second-order valence-corrected chi connectivity index (χ2v) is 18.3. The number of aliphatic hydroxyl groups excluding tert-OH is 7. The Morgan fingerprint density at radius 3 is 1.43 bits per heavy atom. The summed E-state index contributed by atoms with van der Waals surface area (Å²) in [5.74, 6) is -1.08. The number of rotatable bonds is 40. The van der Waals surface area contributed by atoms with Gasteiger partial charge in [-0.3, -0.25) is 9.59 Å². The van der Waals surface area contributed by atoms with E-state index in [2.05, 4.69) is 92.8 Å². The zero-order chi connectivity index (χ0) is 52.4. The smallest absolute Gasteiger partial charge is 0.306 e. The number of carbonyl (C=O) groups excluding carboxylic acids is 2. The number of ether oxygens (including phenoxy) is 6. The quantitative estimate of drug-likeness (QED) is 0.0174. The van der Waals surface area contributed by atoms with Gasteiger partial charge in [-0.05, 0) is 77.0 Å². The Kier molecular flexibility index (Phi) is 38.3. The Balaban J connectivity index is 1.85. The fourth-order valence-electron chi connectivity index (χ4n) is 7.69. The highest BCUT2D eigenvalue weighted by molar-refractivity contribution is 5.70. The number of allylic oxidation sites excluding steroid dienone is 16. The first-order valence-corrected chi connectivity index (χ1v) is 26.8. The maximum absolute atomic E-state index is 13.0. The molecule has 410 valence electrons. The van der Waals surface area contributed by atoms with Crippen LogP contribution < -0.4 is 0 Å². The molecular formula is C57H92O15. The van der Waals surface area contributed by atoms with E-state index in [1.54, 1.807) is 0 Å². The lowest BCUT2D eigenvalue weighted by Gasteiger charge is -2.42. The van der Waals surface area contributed by atoms with Gasteiger partial charge in [-0.15, -0.1) is 0 Å². The second-order valence-electron chi connectivity index (χ2n) is 18.3. The van der Waals surface area contributed by atoms with Gasteiger partial charge in [-0.1, -0.05) is 162 Å². The third kappa shape index (κ3) is 30.0. The normalized spacial score (nSPS) is 25.8. The lowest BCUT2D eigenvalue weighted by molar-refractivity contribution is -0.332. The molecular weight excluding hydrogens is 925 g/mol. The van der Waals surface area contributed by atoms with Crippen LogP contribution in [0.4, 0.5) is 0 Å². The van der Waals surface area contributed by atoms with Gasteiger partial charge in [0.2, 0.25) is 0 Å². The molecule has 2 fully saturated rings. The van der Waals surface area contributed by atoms with Gasteiger partial charge in [-0.2, -0.15) is 0 Å². The van der Waals surface area contributed by atoms with Gasteiger partial charge in [0.15, 0.2) is 18.7 Å². The Labute approximate surface area is 430 Å². The van der Waals surface area contributed by atoms with Gasteiger partial charge in [0, 0.05) is 12.8 Å². The van der Waals surface area contributed by atoms with E-state index >= 15 is 0 Å². The van der Waals surface area contributed by atoms with Crippen LogP contribution in [0.15, 0.2) is 97.2 Å². The van der Waals surface area contributed by atoms with Crippen LogP contribution in [0.1, 0.15) is 155 Å². The molecule has 11 atom stereocenters. The summed E-state index contributed by atoms with van der Waals surface area (Å²) in [4.78, 5) is 25.8. The van der Waals surface area contributed by atoms with Crippen molar-refractivity contribution in [3.8, 4) is 0 Å². The molecule has 0 aromatic heterocycles. The lowest BCUT2D eigenvalue weighted by atomic mass is 9.98. The molecule has 0 aromatic rings. The summed E-state index contributed by atoms with van der Waals surface area (Å²) in [6, 6.07) is 0. The maximum Gasteiger partial charge on any atom is 0.306 e.